The van der Waals surface area contributed by atoms with Gasteiger partial charge in [0.15, 0.2) is 0 Å². The molecule has 3 rings (SSSR count). The Morgan fingerprint density at radius 2 is 1.63 bits per heavy atom. The molecule has 0 bridgehead atoms. The Balaban J connectivity index is 0.000000637. The molecule has 4 N–H and O–H groups in total. The number of benzene rings is 2. The van der Waals surface area contributed by atoms with Crippen LogP contribution in [-0.2, 0) is 10.0 Å². The molecule has 100 valence electrons. The number of H-pyrrole nitrogens is 1. The summed E-state index contributed by atoms with van der Waals surface area (Å²) in [4.78, 5) is 10.4. The Labute approximate surface area is 113 Å². The van der Waals surface area contributed by atoms with Crippen LogP contribution in [0.1, 0.15) is 0 Å². The minimum absolute atomic E-state index is 0.131. The van der Waals surface area contributed by atoms with Gasteiger partial charge in [-0.1, -0.05) is 30.3 Å². The fraction of sp³-hybridized carbons (Fsp3) is 0. The lowest BCUT2D eigenvalue weighted by Crippen LogP contribution is -2.12. The number of para-hydroxylation sites is 2. The Bertz CT molecular complexity index is 827. The molecule has 1 heterocycles. The van der Waals surface area contributed by atoms with Crippen LogP contribution in [0.3, 0.4) is 0 Å². The fourth-order valence-corrected chi connectivity index (χ4v) is 2.80. The maximum Gasteiger partial charge on any atom is 0.240 e. The third kappa shape index (κ3) is 2.41. The van der Waals surface area contributed by atoms with E-state index in [0.717, 1.165) is 16.3 Å². The van der Waals surface area contributed by atoms with E-state index in [1.165, 1.54) is 6.07 Å². The highest BCUT2D eigenvalue weighted by atomic mass is 32.2. The highest BCUT2D eigenvalue weighted by Crippen LogP contribution is 2.28. The fourth-order valence-electron chi connectivity index (χ4n) is 2.08. The minimum atomic E-state index is -3.71. The second kappa shape index (κ2) is 5.14. The molecule has 2 aromatic carbocycles. The second-order valence-electron chi connectivity index (χ2n) is 3.89. The Hall–Kier alpha value is -1.67. The van der Waals surface area contributed by atoms with Crippen molar-refractivity contribution in [3.05, 3.63) is 42.5 Å². The van der Waals surface area contributed by atoms with E-state index >= 15 is 0 Å². The van der Waals surface area contributed by atoms with Crippen molar-refractivity contribution in [1.29, 1.82) is 0 Å². The number of nitrogens with one attached hydrogen (secondary N) is 1. The molecule has 0 aliphatic rings. The van der Waals surface area contributed by atoms with Crippen LogP contribution in [0.25, 0.3) is 21.8 Å². The van der Waals surface area contributed by atoms with Gasteiger partial charge >= 0.3 is 0 Å². The van der Waals surface area contributed by atoms with Crippen LogP contribution in [0.2, 0.25) is 0 Å². The summed E-state index contributed by atoms with van der Waals surface area (Å²) >= 11 is 0. The molecule has 0 saturated carbocycles. The molecule has 0 saturated heterocycles. The van der Waals surface area contributed by atoms with Gasteiger partial charge in [0.05, 0.1) is 5.52 Å². The average molecular weight is 294 g/mol. The number of rotatable bonds is 1. The summed E-state index contributed by atoms with van der Waals surface area (Å²) in [6.07, 6.45) is 0. The first-order valence-corrected chi connectivity index (χ1v) is 7.98. The van der Waals surface area contributed by atoms with E-state index in [1.807, 2.05) is 30.3 Å². The van der Waals surface area contributed by atoms with Gasteiger partial charge in [-0.3, -0.25) is 0 Å². The van der Waals surface area contributed by atoms with Crippen LogP contribution >= 0.6 is 0 Å². The highest BCUT2D eigenvalue weighted by Gasteiger charge is 2.14. The quantitative estimate of drug-likeness (QED) is 0.560. The van der Waals surface area contributed by atoms with Gasteiger partial charge in [-0.15, -0.1) is 0 Å². The SMILES string of the molecule is NS(=O)(=O)c1cccc2c1[nH]c1ccccc12.O[SiH3]. The van der Waals surface area contributed by atoms with Crippen LogP contribution in [0.4, 0.5) is 0 Å². The van der Waals surface area contributed by atoms with E-state index in [0.29, 0.717) is 16.0 Å². The molecule has 7 heteroatoms. The number of aromatic nitrogens is 1. The molecule has 0 atom stereocenters. The molecule has 5 nitrogen and oxygen atoms in total. The molecule has 1 aromatic heterocycles. The van der Waals surface area contributed by atoms with Gasteiger partial charge in [0.25, 0.3) is 0 Å². The molecule has 0 spiro atoms. The highest BCUT2D eigenvalue weighted by molar-refractivity contribution is 7.89. The molecule has 0 amide bonds. The molecular weight excluding hydrogens is 280 g/mol. The summed E-state index contributed by atoms with van der Waals surface area (Å²) in [6.45, 7) is 0. The molecule has 19 heavy (non-hydrogen) atoms. The van der Waals surface area contributed by atoms with Crippen molar-refractivity contribution in [3.8, 4) is 0 Å². The van der Waals surface area contributed by atoms with E-state index in [-0.39, 0.29) is 4.90 Å². The number of hydrogen-bond donors (Lipinski definition) is 3. The van der Waals surface area contributed by atoms with Crippen molar-refractivity contribution in [1.82, 2.24) is 4.98 Å². The van der Waals surface area contributed by atoms with Gasteiger partial charge in [-0.05, 0) is 12.1 Å². The summed E-state index contributed by atoms with van der Waals surface area (Å²) in [5, 5.41) is 7.06. The summed E-state index contributed by atoms with van der Waals surface area (Å²) in [7, 11) is -3.40. The lowest BCUT2D eigenvalue weighted by atomic mass is 10.1. The largest absolute Gasteiger partial charge is 0.442 e. The molecule has 0 radical (unpaired) electrons. The third-order valence-electron chi connectivity index (χ3n) is 2.81. The molecule has 0 aliphatic heterocycles. The molecule has 0 unspecified atom stereocenters. The van der Waals surface area contributed by atoms with Crippen LogP contribution < -0.4 is 5.14 Å². The Morgan fingerprint density at radius 3 is 2.32 bits per heavy atom. The molecule has 3 aromatic rings. The van der Waals surface area contributed by atoms with Gasteiger partial charge in [-0.25, -0.2) is 13.6 Å². The standard InChI is InChI=1S/C12H10N2O2S.H4OSi/c13-17(15,16)11-7-3-5-9-8-4-1-2-6-10(8)14-12(9)11;1-2/h1-7,14H,(H2,13,15,16);1H,2H3. The monoisotopic (exact) mass is 294 g/mol. The van der Waals surface area contributed by atoms with E-state index in [2.05, 4.69) is 4.98 Å². The van der Waals surface area contributed by atoms with Crippen molar-refractivity contribution in [2.75, 3.05) is 0 Å². The van der Waals surface area contributed by atoms with Crippen molar-refractivity contribution >= 4 is 42.3 Å². The number of aromatic amines is 1. The van der Waals surface area contributed by atoms with E-state index < -0.39 is 10.0 Å². The van der Waals surface area contributed by atoms with Gasteiger partial charge in [0.2, 0.25) is 10.0 Å². The predicted molar refractivity (Wildman–Crippen MR) is 79.3 cm³/mol. The van der Waals surface area contributed by atoms with Crippen molar-refractivity contribution in [3.63, 3.8) is 0 Å². The van der Waals surface area contributed by atoms with Crippen molar-refractivity contribution < 1.29 is 13.2 Å². The third-order valence-corrected chi connectivity index (χ3v) is 3.76. The summed E-state index contributed by atoms with van der Waals surface area (Å²) in [5.41, 5.74) is 1.47. The van der Waals surface area contributed by atoms with Gasteiger partial charge in [0, 0.05) is 16.3 Å². The van der Waals surface area contributed by atoms with E-state index in [4.69, 9.17) is 9.93 Å². The maximum atomic E-state index is 11.5. The Morgan fingerprint density at radius 1 is 1.00 bits per heavy atom. The van der Waals surface area contributed by atoms with Crippen LogP contribution in [-0.4, -0.2) is 28.7 Å². The van der Waals surface area contributed by atoms with Crippen LogP contribution in [0.15, 0.2) is 47.4 Å². The summed E-state index contributed by atoms with van der Waals surface area (Å²) in [6, 6.07) is 12.7. The number of sulfonamides is 1. The van der Waals surface area contributed by atoms with E-state index in [1.54, 1.807) is 6.07 Å². The van der Waals surface area contributed by atoms with Gasteiger partial charge in [0.1, 0.15) is 15.4 Å². The minimum Gasteiger partial charge on any atom is -0.442 e. The zero-order valence-corrected chi connectivity index (χ0v) is 13.1. The lowest BCUT2D eigenvalue weighted by molar-refractivity contribution is 0.598. The number of fused-ring (bicyclic) bond motifs is 3. The first-order chi connectivity index (χ1) is 9.07. The smallest absolute Gasteiger partial charge is 0.240 e. The number of hydrogen-bond acceptors (Lipinski definition) is 3. The molecule has 0 aliphatic carbocycles. The summed E-state index contributed by atoms with van der Waals surface area (Å²) < 4.78 is 23.0. The first-order valence-electron chi connectivity index (χ1n) is 5.54. The average Bonchev–Trinajstić information content (AvgIpc) is 2.78. The van der Waals surface area contributed by atoms with Crippen LogP contribution in [0.5, 0.6) is 0 Å². The predicted octanol–water partition coefficient (Wildman–Crippen LogP) is 0.228. The number of primary sulfonamides is 1. The molecular formula is C12H14N2O3SSi. The Kier molecular flexibility index (Phi) is 3.72. The topological polar surface area (TPSA) is 96.2 Å². The van der Waals surface area contributed by atoms with E-state index in [9.17, 15) is 8.42 Å². The summed E-state index contributed by atoms with van der Waals surface area (Å²) in [5.74, 6) is 0. The van der Waals surface area contributed by atoms with Gasteiger partial charge in [-0.2, -0.15) is 0 Å². The zero-order valence-electron chi connectivity index (χ0n) is 10.3. The maximum absolute atomic E-state index is 11.5. The van der Waals surface area contributed by atoms with Crippen LogP contribution in [0, 0.1) is 0 Å². The van der Waals surface area contributed by atoms with Crippen molar-refractivity contribution in [2.24, 2.45) is 5.14 Å². The lowest BCUT2D eigenvalue weighted by Gasteiger charge is -1.99. The second-order valence-corrected chi connectivity index (χ2v) is 5.42. The van der Waals surface area contributed by atoms with Crippen molar-refractivity contribution in [2.45, 2.75) is 4.90 Å². The zero-order chi connectivity index (χ0) is 14.0. The molecule has 0 fully saturated rings. The normalized spacial score (nSPS) is 11.5. The number of nitrogens with two attached hydrogens (primary N) is 1. The van der Waals surface area contributed by atoms with Gasteiger partial charge < -0.3 is 9.78 Å². The first kappa shape index (κ1) is 13.8.